The maximum absolute atomic E-state index is 5.75. The monoisotopic (exact) mass is 386 g/mol. The minimum absolute atomic E-state index is 0.707. The van der Waals surface area contributed by atoms with Gasteiger partial charge in [0.2, 0.25) is 0 Å². The van der Waals surface area contributed by atoms with Gasteiger partial charge in [0, 0.05) is 5.69 Å². The highest BCUT2D eigenvalue weighted by Gasteiger charge is 2.17. The number of thiocarbonyl (C=S) groups is 1. The molecule has 0 saturated carbocycles. The molecule has 5 heteroatoms. The number of nitrogens with one attached hydrogen (secondary N) is 2. The van der Waals surface area contributed by atoms with Gasteiger partial charge in [-0.15, -0.1) is 0 Å². The number of hydrogen-bond donors (Lipinski definition) is 2. The molecule has 2 aromatic rings. The van der Waals surface area contributed by atoms with Gasteiger partial charge in [0.25, 0.3) is 0 Å². The first kappa shape index (κ1) is 19.9. The molecule has 0 atom stereocenters. The summed E-state index contributed by atoms with van der Waals surface area (Å²) in [5, 5.41) is 4.18. The first-order valence-corrected chi connectivity index (χ1v) is 10.7. The van der Waals surface area contributed by atoms with Gasteiger partial charge in [0.05, 0.1) is 39.0 Å². The third-order valence-electron chi connectivity index (χ3n) is 5.37. The topological polar surface area (TPSA) is 32.9 Å². The van der Waals surface area contributed by atoms with Gasteiger partial charge in [0.1, 0.15) is 5.76 Å². The quantitative estimate of drug-likeness (QED) is 0.714. The van der Waals surface area contributed by atoms with Crippen LogP contribution in [0.1, 0.15) is 43.9 Å². The van der Waals surface area contributed by atoms with Crippen LogP contribution in [-0.4, -0.2) is 36.2 Å². The molecule has 1 aliphatic rings. The highest BCUT2D eigenvalue weighted by molar-refractivity contribution is 7.80. The summed E-state index contributed by atoms with van der Waals surface area (Å²) < 4.78 is 5.57. The number of hydrogen-bond acceptors (Lipinski definition) is 2. The molecule has 3 rings (SSSR count). The van der Waals surface area contributed by atoms with Gasteiger partial charge in [-0.25, -0.2) is 0 Å². The molecule has 0 radical (unpaired) electrons. The number of likely N-dealkylation sites (tertiary alicyclic amines) is 1. The molecule has 2 heterocycles. The largest absolute Gasteiger partial charge is 0.467 e. The molecule has 2 N–H and O–H groups in total. The highest BCUT2D eigenvalue weighted by Crippen LogP contribution is 2.13. The smallest absolute Gasteiger partial charge is 0.174 e. The van der Waals surface area contributed by atoms with Crippen molar-refractivity contribution in [3.05, 3.63) is 54.0 Å². The average Bonchev–Trinajstić information content (AvgIpc) is 3.07. The first-order valence-electron chi connectivity index (χ1n) is 10.3. The fourth-order valence-corrected chi connectivity index (χ4v) is 3.91. The Bertz CT molecular complexity index is 676. The summed E-state index contributed by atoms with van der Waals surface area (Å²) in [5.74, 6) is 0.950. The second-order valence-corrected chi connectivity index (χ2v) is 7.78. The van der Waals surface area contributed by atoms with Crippen LogP contribution in [0.3, 0.4) is 0 Å². The van der Waals surface area contributed by atoms with E-state index in [4.69, 9.17) is 16.6 Å². The summed E-state index contributed by atoms with van der Waals surface area (Å²) in [4.78, 5) is 3.94. The van der Waals surface area contributed by atoms with Gasteiger partial charge in [-0.1, -0.05) is 19.1 Å². The summed E-state index contributed by atoms with van der Waals surface area (Å²) in [6.45, 7) is 7.51. The Morgan fingerprint density at radius 3 is 2.48 bits per heavy atom. The third-order valence-corrected chi connectivity index (χ3v) is 5.73. The van der Waals surface area contributed by atoms with Crippen molar-refractivity contribution in [1.29, 1.82) is 0 Å². The summed E-state index contributed by atoms with van der Waals surface area (Å²) >= 11 is 5.75. The van der Waals surface area contributed by atoms with Crippen LogP contribution in [0.25, 0.3) is 0 Å². The molecule has 0 bridgehead atoms. The lowest BCUT2D eigenvalue weighted by molar-refractivity contribution is -0.898. The Hall–Kier alpha value is -1.85. The number of nitrogens with zero attached hydrogens (tertiary/aromatic N) is 1. The van der Waals surface area contributed by atoms with Gasteiger partial charge < -0.3 is 19.5 Å². The summed E-state index contributed by atoms with van der Waals surface area (Å²) in [7, 11) is 0. The SMILES string of the molecule is CCc1ccc(NC(=S)N(CC[NH+]2CCCCCC2)Cc2ccco2)cc1. The van der Waals surface area contributed by atoms with Crippen molar-refractivity contribution >= 4 is 23.0 Å². The Balaban J connectivity index is 1.61. The maximum Gasteiger partial charge on any atom is 0.174 e. The molecule has 0 amide bonds. The Morgan fingerprint density at radius 1 is 1.11 bits per heavy atom. The minimum atomic E-state index is 0.707. The van der Waals surface area contributed by atoms with Crippen LogP contribution in [0, 0.1) is 0 Å². The predicted molar refractivity (Wildman–Crippen MR) is 115 cm³/mol. The van der Waals surface area contributed by atoms with Crippen LogP contribution >= 0.6 is 12.2 Å². The molecule has 1 aromatic heterocycles. The van der Waals surface area contributed by atoms with E-state index in [9.17, 15) is 0 Å². The molecular weight excluding hydrogens is 354 g/mol. The van der Waals surface area contributed by atoms with Crippen molar-refractivity contribution in [3.63, 3.8) is 0 Å². The minimum Gasteiger partial charge on any atom is -0.467 e. The zero-order valence-electron chi connectivity index (χ0n) is 16.4. The average molecular weight is 387 g/mol. The molecular formula is C22H32N3OS+. The van der Waals surface area contributed by atoms with Crippen molar-refractivity contribution in [2.24, 2.45) is 0 Å². The van der Waals surface area contributed by atoms with Crippen molar-refractivity contribution in [2.45, 2.75) is 45.6 Å². The van der Waals surface area contributed by atoms with Crippen LogP contribution in [0.5, 0.6) is 0 Å². The number of benzene rings is 1. The van der Waals surface area contributed by atoms with E-state index in [0.29, 0.717) is 6.54 Å². The lowest BCUT2D eigenvalue weighted by atomic mass is 10.1. The molecule has 1 aromatic carbocycles. The summed E-state index contributed by atoms with van der Waals surface area (Å²) in [5.41, 5.74) is 2.38. The second-order valence-electron chi connectivity index (χ2n) is 7.40. The molecule has 27 heavy (non-hydrogen) atoms. The number of furan rings is 1. The Morgan fingerprint density at radius 2 is 1.85 bits per heavy atom. The van der Waals surface area contributed by atoms with Gasteiger partial charge >= 0.3 is 0 Å². The zero-order chi connectivity index (χ0) is 18.9. The Labute approximate surface area is 168 Å². The van der Waals surface area contributed by atoms with Gasteiger partial charge in [-0.05, 0) is 74.2 Å². The predicted octanol–water partition coefficient (Wildman–Crippen LogP) is 3.50. The number of quaternary nitrogens is 1. The van der Waals surface area contributed by atoms with E-state index >= 15 is 0 Å². The normalized spacial score (nSPS) is 15.3. The van der Waals surface area contributed by atoms with E-state index in [1.807, 2.05) is 12.1 Å². The number of rotatable bonds is 7. The van der Waals surface area contributed by atoms with E-state index in [1.165, 1.54) is 44.3 Å². The summed E-state index contributed by atoms with van der Waals surface area (Å²) in [6.07, 6.45) is 8.24. The molecule has 0 unspecified atom stereocenters. The lowest BCUT2D eigenvalue weighted by Crippen LogP contribution is -3.12. The number of aryl methyl sites for hydroxylation is 1. The molecule has 0 spiro atoms. The fraction of sp³-hybridized carbons (Fsp3) is 0.500. The number of anilines is 1. The van der Waals surface area contributed by atoms with Gasteiger partial charge in [0.15, 0.2) is 5.11 Å². The fourth-order valence-electron chi connectivity index (χ4n) is 3.64. The molecule has 1 saturated heterocycles. The molecule has 4 nitrogen and oxygen atoms in total. The van der Waals surface area contributed by atoms with Crippen molar-refractivity contribution in [2.75, 3.05) is 31.5 Å². The first-order chi connectivity index (χ1) is 13.2. The van der Waals surface area contributed by atoms with E-state index in [0.717, 1.165) is 36.1 Å². The molecule has 1 aliphatic heterocycles. The lowest BCUT2D eigenvalue weighted by Gasteiger charge is -2.27. The van der Waals surface area contributed by atoms with Crippen LogP contribution in [0.15, 0.2) is 47.1 Å². The third kappa shape index (κ3) is 6.36. The molecule has 1 fully saturated rings. The summed E-state index contributed by atoms with van der Waals surface area (Å²) in [6, 6.07) is 12.5. The standard InChI is InChI=1S/C22H31N3OS/c1-2-19-9-11-20(12-10-19)23-22(27)25(18-21-8-7-17-26-21)16-15-24-13-5-3-4-6-14-24/h7-12,17H,2-6,13-16,18H2,1H3,(H,23,27)/p+1. The molecule has 146 valence electrons. The second kappa shape index (κ2) is 10.5. The van der Waals surface area contributed by atoms with Crippen LogP contribution in [-0.2, 0) is 13.0 Å². The van der Waals surface area contributed by atoms with Crippen molar-refractivity contribution in [3.8, 4) is 0 Å². The van der Waals surface area contributed by atoms with E-state index in [2.05, 4.69) is 41.4 Å². The van der Waals surface area contributed by atoms with E-state index in [-0.39, 0.29) is 0 Å². The maximum atomic E-state index is 5.75. The van der Waals surface area contributed by atoms with Crippen molar-refractivity contribution < 1.29 is 9.32 Å². The highest BCUT2D eigenvalue weighted by atomic mass is 32.1. The van der Waals surface area contributed by atoms with E-state index in [1.54, 1.807) is 11.2 Å². The Kier molecular flexibility index (Phi) is 7.72. The van der Waals surface area contributed by atoms with Gasteiger partial charge in [-0.3, -0.25) is 0 Å². The van der Waals surface area contributed by atoms with Crippen LogP contribution in [0.4, 0.5) is 5.69 Å². The van der Waals surface area contributed by atoms with Gasteiger partial charge in [-0.2, -0.15) is 0 Å². The van der Waals surface area contributed by atoms with Crippen LogP contribution in [0.2, 0.25) is 0 Å². The van der Waals surface area contributed by atoms with Crippen LogP contribution < -0.4 is 10.2 Å². The molecule has 0 aliphatic carbocycles. The van der Waals surface area contributed by atoms with Crippen molar-refractivity contribution in [1.82, 2.24) is 4.90 Å². The van der Waals surface area contributed by atoms with E-state index < -0.39 is 0 Å². The zero-order valence-corrected chi connectivity index (χ0v) is 17.2.